The normalized spacial score (nSPS) is 10.6. The smallest absolute Gasteiger partial charge is 0.339 e. The molecule has 0 bridgehead atoms. The van der Waals surface area contributed by atoms with E-state index in [4.69, 9.17) is 9.47 Å². The first-order valence-corrected chi connectivity index (χ1v) is 9.75. The summed E-state index contributed by atoms with van der Waals surface area (Å²) in [7, 11) is 1.32. The standard InChI is InChI=1S/C25H25NO4/c1-16(2)30-20-12-10-17(3)22(15-20)24(27)26-23-14-19(18-8-6-5-7-9-18)11-13-21(23)25(28)29-4/h5-16H,1-4H3,(H,26,27). The first kappa shape index (κ1) is 21.1. The van der Waals surface area contributed by atoms with Crippen LogP contribution in [0.4, 0.5) is 5.69 Å². The Hall–Kier alpha value is -3.60. The molecule has 0 aliphatic carbocycles. The molecule has 3 aromatic rings. The van der Waals surface area contributed by atoms with E-state index < -0.39 is 5.97 Å². The zero-order valence-corrected chi connectivity index (χ0v) is 17.6. The van der Waals surface area contributed by atoms with Crippen LogP contribution < -0.4 is 10.1 Å². The van der Waals surface area contributed by atoms with E-state index in [1.54, 1.807) is 18.2 Å². The lowest BCUT2D eigenvalue weighted by atomic mass is 10.0. The van der Waals surface area contributed by atoms with Crippen LogP contribution >= 0.6 is 0 Å². The molecule has 1 N–H and O–H groups in total. The average Bonchev–Trinajstić information content (AvgIpc) is 2.74. The van der Waals surface area contributed by atoms with Gasteiger partial charge in [0.05, 0.1) is 24.5 Å². The van der Waals surface area contributed by atoms with Crippen molar-refractivity contribution in [3.63, 3.8) is 0 Å². The lowest BCUT2D eigenvalue weighted by Crippen LogP contribution is -2.17. The molecule has 0 aliphatic heterocycles. The van der Waals surface area contributed by atoms with Crippen LogP contribution in [0.15, 0.2) is 66.7 Å². The number of amides is 1. The third kappa shape index (κ3) is 4.87. The minimum absolute atomic E-state index is 0.00269. The van der Waals surface area contributed by atoms with Gasteiger partial charge in [0, 0.05) is 5.56 Å². The van der Waals surface area contributed by atoms with Gasteiger partial charge < -0.3 is 14.8 Å². The number of aryl methyl sites for hydroxylation is 1. The van der Waals surface area contributed by atoms with Crippen LogP contribution in [-0.2, 0) is 4.74 Å². The Balaban J connectivity index is 1.98. The summed E-state index contributed by atoms with van der Waals surface area (Å²) < 4.78 is 10.6. The van der Waals surface area contributed by atoms with Gasteiger partial charge in [-0.1, -0.05) is 42.5 Å². The van der Waals surface area contributed by atoms with Gasteiger partial charge in [0.15, 0.2) is 0 Å². The molecular formula is C25H25NO4. The Morgan fingerprint density at radius 3 is 2.27 bits per heavy atom. The van der Waals surface area contributed by atoms with E-state index in [9.17, 15) is 9.59 Å². The van der Waals surface area contributed by atoms with E-state index in [-0.39, 0.29) is 17.6 Å². The highest BCUT2D eigenvalue weighted by molar-refractivity contribution is 6.09. The van der Waals surface area contributed by atoms with Crippen LogP contribution in [-0.4, -0.2) is 25.1 Å². The van der Waals surface area contributed by atoms with Crippen LogP contribution in [0, 0.1) is 6.92 Å². The maximum Gasteiger partial charge on any atom is 0.339 e. The van der Waals surface area contributed by atoms with Crippen LogP contribution in [0.5, 0.6) is 5.75 Å². The topological polar surface area (TPSA) is 64.6 Å². The second kappa shape index (κ2) is 9.27. The van der Waals surface area contributed by atoms with Gasteiger partial charge in [0.2, 0.25) is 0 Å². The van der Waals surface area contributed by atoms with E-state index >= 15 is 0 Å². The minimum atomic E-state index is -0.515. The first-order valence-electron chi connectivity index (χ1n) is 9.75. The predicted molar refractivity (Wildman–Crippen MR) is 118 cm³/mol. The molecule has 0 saturated carbocycles. The molecule has 3 rings (SSSR count). The first-order chi connectivity index (χ1) is 14.4. The lowest BCUT2D eigenvalue weighted by molar-refractivity contribution is 0.0602. The number of anilines is 1. The molecular weight excluding hydrogens is 378 g/mol. The molecule has 5 heteroatoms. The van der Waals surface area contributed by atoms with Crippen molar-refractivity contribution in [3.8, 4) is 16.9 Å². The Morgan fingerprint density at radius 2 is 1.60 bits per heavy atom. The van der Waals surface area contributed by atoms with Crippen molar-refractivity contribution in [2.45, 2.75) is 26.9 Å². The Labute approximate surface area is 176 Å². The number of benzene rings is 3. The highest BCUT2D eigenvalue weighted by Crippen LogP contribution is 2.27. The largest absolute Gasteiger partial charge is 0.491 e. The fourth-order valence-electron chi connectivity index (χ4n) is 3.13. The van der Waals surface area contributed by atoms with Crippen molar-refractivity contribution in [2.24, 2.45) is 0 Å². The Morgan fingerprint density at radius 1 is 0.867 bits per heavy atom. The highest BCUT2D eigenvalue weighted by Gasteiger charge is 2.18. The summed E-state index contributed by atoms with van der Waals surface area (Å²) in [6, 6.07) is 20.4. The third-order valence-electron chi connectivity index (χ3n) is 4.61. The monoisotopic (exact) mass is 403 g/mol. The van der Waals surface area contributed by atoms with Crippen molar-refractivity contribution >= 4 is 17.6 Å². The van der Waals surface area contributed by atoms with Crippen molar-refractivity contribution in [1.29, 1.82) is 0 Å². The summed E-state index contributed by atoms with van der Waals surface area (Å²) in [5, 5.41) is 2.88. The molecule has 0 aromatic heterocycles. The number of rotatable bonds is 6. The number of ether oxygens (including phenoxy) is 2. The maximum atomic E-state index is 13.1. The summed E-state index contributed by atoms with van der Waals surface area (Å²) in [5.41, 5.74) is 3.83. The molecule has 3 aromatic carbocycles. The molecule has 154 valence electrons. The molecule has 0 spiro atoms. The van der Waals surface area contributed by atoms with Gasteiger partial charge in [0.1, 0.15) is 5.75 Å². The van der Waals surface area contributed by atoms with E-state index in [1.165, 1.54) is 7.11 Å². The minimum Gasteiger partial charge on any atom is -0.491 e. The van der Waals surface area contributed by atoms with E-state index in [0.717, 1.165) is 16.7 Å². The highest BCUT2D eigenvalue weighted by atomic mass is 16.5. The van der Waals surface area contributed by atoms with Crippen LogP contribution in [0.2, 0.25) is 0 Å². The zero-order chi connectivity index (χ0) is 21.7. The lowest BCUT2D eigenvalue weighted by Gasteiger charge is -2.15. The number of nitrogens with one attached hydrogen (secondary N) is 1. The summed E-state index contributed by atoms with van der Waals surface area (Å²) in [5.74, 6) is -0.220. The molecule has 0 unspecified atom stereocenters. The molecule has 0 fully saturated rings. The van der Waals surface area contributed by atoms with Gasteiger partial charge in [-0.2, -0.15) is 0 Å². The number of carbonyl (C=O) groups excluding carboxylic acids is 2. The quantitative estimate of drug-likeness (QED) is 0.553. The zero-order valence-electron chi connectivity index (χ0n) is 17.6. The predicted octanol–water partition coefficient (Wildman–Crippen LogP) is 5.49. The summed E-state index contributed by atoms with van der Waals surface area (Å²) >= 11 is 0. The number of esters is 1. The molecule has 5 nitrogen and oxygen atoms in total. The molecule has 0 radical (unpaired) electrons. The van der Waals surface area contributed by atoms with Crippen LogP contribution in [0.1, 0.15) is 40.1 Å². The van der Waals surface area contributed by atoms with Gasteiger partial charge >= 0.3 is 5.97 Å². The fraction of sp³-hybridized carbons (Fsp3) is 0.200. The summed E-state index contributed by atoms with van der Waals surface area (Å²) in [4.78, 5) is 25.3. The Bertz CT molecular complexity index is 1060. The molecule has 0 atom stereocenters. The van der Waals surface area contributed by atoms with Gasteiger partial charge in [-0.3, -0.25) is 4.79 Å². The SMILES string of the molecule is COC(=O)c1ccc(-c2ccccc2)cc1NC(=O)c1cc(OC(C)C)ccc1C. The molecule has 0 saturated heterocycles. The molecule has 0 heterocycles. The number of hydrogen-bond acceptors (Lipinski definition) is 4. The van der Waals surface area contributed by atoms with Crippen LogP contribution in [0.25, 0.3) is 11.1 Å². The summed E-state index contributed by atoms with van der Waals surface area (Å²) in [6.45, 7) is 5.71. The molecule has 1 amide bonds. The second-order valence-electron chi connectivity index (χ2n) is 7.22. The van der Waals surface area contributed by atoms with Gasteiger partial charge in [-0.15, -0.1) is 0 Å². The van der Waals surface area contributed by atoms with E-state index in [2.05, 4.69) is 5.32 Å². The van der Waals surface area contributed by atoms with Crippen molar-refractivity contribution in [1.82, 2.24) is 0 Å². The third-order valence-corrected chi connectivity index (χ3v) is 4.61. The van der Waals surface area contributed by atoms with Gasteiger partial charge in [-0.05, 0) is 61.7 Å². The maximum absolute atomic E-state index is 13.1. The van der Waals surface area contributed by atoms with Crippen LogP contribution in [0.3, 0.4) is 0 Å². The van der Waals surface area contributed by atoms with Gasteiger partial charge in [-0.25, -0.2) is 4.79 Å². The van der Waals surface area contributed by atoms with E-state index in [1.807, 2.05) is 69.3 Å². The second-order valence-corrected chi connectivity index (χ2v) is 7.22. The molecule has 30 heavy (non-hydrogen) atoms. The van der Waals surface area contributed by atoms with Crippen molar-refractivity contribution < 1.29 is 19.1 Å². The fourth-order valence-corrected chi connectivity index (χ4v) is 3.13. The summed E-state index contributed by atoms with van der Waals surface area (Å²) in [6.07, 6.45) is -0.00269. The Kier molecular flexibility index (Phi) is 6.52. The van der Waals surface area contributed by atoms with Crippen molar-refractivity contribution in [3.05, 3.63) is 83.4 Å². The number of methoxy groups -OCH3 is 1. The molecule has 0 aliphatic rings. The average molecular weight is 403 g/mol. The van der Waals surface area contributed by atoms with Crippen molar-refractivity contribution in [2.75, 3.05) is 12.4 Å². The van der Waals surface area contributed by atoms with Gasteiger partial charge in [0.25, 0.3) is 5.91 Å². The van der Waals surface area contributed by atoms with E-state index in [0.29, 0.717) is 17.0 Å². The number of hydrogen-bond donors (Lipinski definition) is 1. The number of carbonyl (C=O) groups is 2.